The summed E-state index contributed by atoms with van der Waals surface area (Å²) in [5.41, 5.74) is 1.93. The average molecular weight is 391 g/mol. The maximum atomic E-state index is 12.6. The number of rotatable bonds is 7. The molecule has 0 aliphatic heterocycles. The van der Waals surface area contributed by atoms with Crippen molar-refractivity contribution in [2.45, 2.75) is 30.8 Å². The van der Waals surface area contributed by atoms with Gasteiger partial charge in [-0.05, 0) is 41.6 Å². The van der Waals surface area contributed by atoms with Crippen LogP contribution in [0, 0.1) is 0 Å². The smallest absolute Gasteiger partial charge is 0.225 e. The molecule has 0 heterocycles. The summed E-state index contributed by atoms with van der Waals surface area (Å²) in [5, 5.41) is 3.47. The van der Waals surface area contributed by atoms with Crippen molar-refractivity contribution in [1.29, 1.82) is 0 Å². The van der Waals surface area contributed by atoms with Crippen molar-refractivity contribution in [1.82, 2.24) is 10.2 Å². The minimum absolute atomic E-state index is 0.0346. The molecule has 0 radical (unpaired) electrons. The van der Waals surface area contributed by atoms with Gasteiger partial charge in [-0.1, -0.05) is 35.9 Å². The Bertz CT molecular complexity index is 747. The molecule has 0 aromatic heterocycles. The molecule has 0 fully saturated rings. The lowest BCUT2D eigenvalue weighted by Crippen LogP contribution is -2.33. The first-order valence-electron chi connectivity index (χ1n) is 8.28. The summed E-state index contributed by atoms with van der Waals surface area (Å²) in [6.45, 7) is 1.98. The van der Waals surface area contributed by atoms with Gasteiger partial charge in [0.25, 0.3) is 0 Å². The van der Waals surface area contributed by atoms with Crippen LogP contribution in [0.4, 0.5) is 0 Å². The Balaban J connectivity index is 2.04. The van der Waals surface area contributed by atoms with Gasteiger partial charge in [-0.25, -0.2) is 0 Å². The van der Waals surface area contributed by atoms with E-state index in [1.54, 1.807) is 35.8 Å². The van der Waals surface area contributed by atoms with Crippen LogP contribution in [0.1, 0.15) is 30.5 Å². The van der Waals surface area contributed by atoms with Gasteiger partial charge in [-0.3, -0.25) is 9.59 Å². The average Bonchev–Trinajstić information content (AvgIpc) is 2.62. The van der Waals surface area contributed by atoms with Gasteiger partial charge in [0.2, 0.25) is 11.8 Å². The minimum Gasteiger partial charge on any atom is -0.349 e. The first-order valence-corrected chi connectivity index (χ1v) is 9.88. The van der Waals surface area contributed by atoms with Gasteiger partial charge < -0.3 is 10.2 Å². The third-order valence-electron chi connectivity index (χ3n) is 4.03. The molecule has 26 heavy (non-hydrogen) atoms. The van der Waals surface area contributed by atoms with Gasteiger partial charge in [-0.15, -0.1) is 11.8 Å². The first-order chi connectivity index (χ1) is 12.4. The van der Waals surface area contributed by atoms with Gasteiger partial charge in [-0.2, -0.15) is 0 Å². The largest absolute Gasteiger partial charge is 0.349 e. The predicted octanol–water partition coefficient (Wildman–Crippen LogP) is 4.29. The SMILES string of the molecule is CSc1ccc(CN(C)C(=O)CC(NC(C)=O)c2ccc(Cl)cc2)cc1. The number of carbonyl (C=O) groups is 2. The molecule has 2 rings (SSSR count). The van der Waals surface area contributed by atoms with Gasteiger partial charge in [0, 0.05) is 30.4 Å². The Morgan fingerprint density at radius 3 is 2.27 bits per heavy atom. The fourth-order valence-electron chi connectivity index (χ4n) is 2.62. The van der Waals surface area contributed by atoms with Crippen LogP contribution in [0.15, 0.2) is 53.4 Å². The first kappa shape index (κ1) is 20.3. The zero-order chi connectivity index (χ0) is 19.1. The quantitative estimate of drug-likeness (QED) is 0.717. The van der Waals surface area contributed by atoms with Gasteiger partial charge in [0.1, 0.15) is 0 Å². The topological polar surface area (TPSA) is 49.4 Å². The molecule has 0 saturated carbocycles. The van der Waals surface area contributed by atoms with Gasteiger partial charge in [0.15, 0.2) is 0 Å². The maximum Gasteiger partial charge on any atom is 0.225 e. The second-order valence-electron chi connectivity index (χ2n) is 6.11. The molecule has 1 unspecified atom stereocenters. The maximum absolute atomic E-state index is 12.6. The summed E-state index contributed by atoms with van der Waals surface area (Å²) in [7, 11) is 1.78. The number of benzene rings is 2. The van der Waals surface area contributed by atoms with Crippen LogP contribution < -0.4 is 5.32 Å². The number of nitrogens with zero attached hydrogens (tertiary/aromatic N) is 1. The molecule has 138 valence electrons. The van der Waals surface area contributed by atoms with Crippen LogP contribution in [-0.4, -0.2) is 30.0 Å². The highest BCUT2D eigenvalue weighted by molar-refractivity contribution is 7.98. The van der Waals surface area contributed by atoms with Crippen molar-refractivity contribution in [3.05, 3.63) is 64.7 Å². The number of halogens is 1. The summed E-state index contributed by atoms with van der Waals surface area (Å²) >= 11 is 7.61. The Morgan fingerprint density at radius 1 is 1.12 bits per heavy atom. The van der Waals surface area contributed by atoms with Crippen molar-refractivity contribution in [3.63, 3.8) is 0 Å². The van der Waals surface area contributed by atoms with Crippen molar-refractivity contribution < 1.29 is 9.59 Å². The second-order valence-corrected chi connectivity index (χ2v) is 7.42. The van der Waals surface area contributed by atoms with E-state index >= 15 is 0 Å². The van der Waals surface area contributed by atoms with Crippen LogP contribution in [0.25, 0.3) is 0 Å². The Kier molecular flexibility index (Phi) is 7.54. The van der Waals surface area contributed by atoms with E-state index in [1.165, 1.54) is 11.8 Å². The van der Waals surface area contributed by atoms with Crippen LogP contribution in [0.5, 0.6) is 0 Å². The number of carbonyl (C=O) groups excluding carboxylic acids is 2. The van der Waals surface area contributed by atoms with E-state index in [1.807, 2.05) is 42.7 Å². The number of hydrogen-bond donors (Lipinski definition) is 1. The third kappa shape index (κ3) is 6.07. The zero-order valence-electron chi connectivity index (χ0n) is 15.2. The van der Waals surface area contributed by atoms with E-state index in [9.17, 15) is 9.59 Å². The molecule has 2 aromatic rings. The lowest BCUT2D eigenvalue weighted by molar-refractivity contribution is -0.131. The highest BCUT2D eigenvalue weighted by atomic mass is 35.5. The zero-order valence-corrected chi connectivity index (χ0v) is 16.7. The number of amides is 2. The van der Waals surface area contributed by atoms with E-state index in [0.717, 1.165) is 11.1 Å². The van der Waals surface area contributed by atoms with Crippen LogP contribution >= 0.6 is 23.4 Å². The Morgan fingerprint density at radius 2 is 1.73 bits per heavy atom. The van der Waals surface area contributed by atoms with Crippen molar-refractivity contribution in [3.8, 4) is 0 Å². The molecule has 0 spiro atoms. The number of hydrogen-bond acceptors (Lipinski definition) is 3. The fourth-order valence-corrected chi connectivity index (χ4v) is 3.15. The molecular weight excluding hydrogens is 368 g/mol. The van der Waals surface area contributed by atoms with Crippen LogP contribution in [0.2, 0.25) is 5.02 Å². The van der Waals surface area contributed by atoms with Crippen molar-refractivity contribution in [2.24, 2.45) is 0 Å². The van der Waals surface area contributed by atoms with Gasteiger partial charge >= 0.3 is 0 Å². The molecule has 2 aromatic carbocycles. The van der Waals surface area contributed by atoms with E-state index in [4.69, 9.17) is 11.6 Å². The Labute approximate surface area is 163 Å². The molecule has 2 amide bonds. The van der Waals surface area contributed by atoms with Crippen molar-refractivity contribution >= 4 is 35.2 Å². The third-order valence-corrected chi connectivity index (χ3v) is 5.03. The monoisotopic (exact) mass is 390 g/mol. The highest BCUT2D eigenvalue weighted by Gasteiger charge is 2.19. The minimum atomic E-state index is -0.376. The fraction of sp³-hybridized carbons (Fsp3) is 0.300. The lowest BCUT2D eigenvalue weighted by atomic mass is 10.0. The molecule has 4 nitrogen and oxygen atoms in total. The predicted molar refractivity (Wildman–Crippen MR) is 107 cm³/mol. The molecule has 1 N–H and O–H groups in total. The highest BCUT2D eigenvalue weighted by Crippen LogP contribution is 2.21. The lowest BCUT2D eigenvalue weighted by Gasteiger charge is -2.23. The van der Waals surface area contributed by atoms with Gasteiger partial charge in [0.05, 0.1) is 12.5 Å². The number of thioether (sulfide) groups is 1. The molecular formula is C20H23ClN2O2S. The van der Waals surface area contributed by atoms with E-state index in [0.29, 0.717) is 11.6 Å². The summed E-state index contributed by atoms with van der Waals surface area (Å²) in [6.07, 6.45) is 2.23. The standard InChI is InChI=1S/C20H23ClN2O2S/c1-14(24)22-19(16-6-8-17(21)9-7-16)12-20(25)23(2)13-15-4-10-18(26-3)11-5-15/h4-11,19H,12-13H2,1-3H3,(H,22,24). The van der Waals surface area contributed by atoms with Crippen LogP contribution in [0.3, 0.4) is 0 Å². The summed E-state index contributed by atoms with van der Waals surface area (Å²) < 4.78 is 0. The molecule has 0 aliphatic carbocycles. The Hall–Kier alpha value is -1.98. The van der Waals surface area contributed by atoms with E-state index in [2.05, 4.69) is 5.32 Å². The molecule has 6 heteroatoms. The van der Waals surface area contributed by atoms with Crippen molar-refractivity contribution in [2.75, 3.05) is 13.3 Å². The molecule has 0 aliphatic rings. The number of nitrogens with one attached hydrogen (secondary N) is 1. The molecule has 0 bridgehead atoms. The van der Waals surface area contributed by atoms with Crippen LogP contribution in [-0.2, 0) is 16.1 Å². The van der Waals surface area contributed by atoms with E-state index < -0.39 is 0 Å². The van der Waals surface area contributed by atoms with E-state index in [-0.39, 0.29) is 24.3 Å². The summed E-state index contributed by atoms with van der Waals surface area (Å²) in [6, 6.07) is 15.0. The molecule has 1 atom stereocenters. The normalized spacial score (nSPS) is 11.7. The second kappa shape index (κ2) is 9.64. The molecule has 0 saturated heterocycles. The summed E-state index contributed by atoms with van der Waals surface area (Å²) in [4.78, 5) is 27.1. The summed E-state index contributed by atoms with van der Waals surface area (Å²) in [5.74, 6) is -0.208.